The Morgan fingerprint density at radius 3 is 2.50 bits per heavy atom. The summed E-state index contributed by atoms with van der Waals surface area (Å²) in [7, 11) is 0. The van der Waals surface area contributed by atoms with Crippen LogP contribution in [0.4, 0.5) is 10.7 Å². The fourth-order valence-electron chi connectivity index (χ4n) is 6.08. The van der Waals surface area contributed by atoms with E-state index in [9.17, 15) is 4.79 Å². The van der Waals surface area contributed by atoms with Crippen LogP contribution in [0.15, 0.2) is 83.9 Å². The molecule has 0 saturated carbocycles. The first-order valence-electron chi connectivity index (χ1n) is 14.6. The minimum atomic E-state index is -0.112. The van der Waals surface area contributed by atoms with E-state index in [-0.39, 0.29) is 11.3 Å². The van der Waals surface area contributed by atoms with Crippen molar-refractivity contribution in [2.45, 2.75) is 53.5 Å². The Bertz CT molecular complexity index is 1770. The van der Waals surface area contributed by atoms with E-state index >= 15 is 0 Å². The van der Waals surface area contributed by atoms with Crippen molar-refractivity contribution in [3.8, 4) is 0 Å². The molecular weight excluding hydrogens is 558 g/mol. The average molecular weight is 594 g/mol. The van der Waals surface area contributed by atoms with Crippen molar-refractivity contribution in [3.63, 3.8) is 0 Å². The van der Waals surface area contributed by atoms with Crippen LogP contribution in [0.25, 0.3) is 10.9 Å². The summed E-state index contributed by atoms with van der Waals surface area (Å²) >= 11 is 7.76. The van der Waals surface area contributed by atoms with Crippen LogP contribution in [0, 0.1) is 18.3 Å². The van der Waals surface area contributed by atoms with Gasteiger partial charge < -0.3 is 9.88 Å². The van der Waals surface area contributed by atoms with E-state index in [1.807, 2.05) is 24.4 Å². The molecule has 6 rings (SSSR count). The van der Waals surface area contributed by atoms with Gasteiger partial charge in [0.2, 0.25) is 0 Å². The van der Waals surface area contributed by atoms with Crippen molar-refractivity contribution in [1.82, 2.24) is 4.57 Å². The SMILES string of the molecule is Cc1c(C=Nc2sc3c(c2C(=O)Nc2ccc(Cl)cc2)CC[C@H](C(C)(C)C)C3)c2ccccc2n1Cc1ccccc1. The lowest BCUT2D eigenvalue weighted by Crippen LogP contribution is -2.27. The van der Waals surface area contributed by atoms with E-state index in [4.69, 9.17) is 16.6 Å². The van der Waals surface area contributed by atoms with Crippen molar-refractivity contribution in [2.24, 2.45) is 16.3 Å². The summed E-state index contributed by atoms with van der Waals surface area (Å²) in [6, 6.07) is 26.3. The Balaban J connectivity index is 1.40. The van der Waals surface area contributed by atoms with Gasteiger partial charge in [0, 0.05) is 50.5 Å². The summed E-state index contributed by atoms with van der Waals surface area (Å²) in [5.74, 6) is 0.463. The first-order chi connectivity index (χ1) is 20.2. The molecule has 1 aliphatic carbocycles. The van der Waals surface area contributed by atoms with Crippen molar-refractivity contribution < 1.29 is 4.79 Å². The third kappa shape index (κ3) is 5.68. The van der Waals surface area contributed by atoms with Gasteiger partial charge in [-0.1, -0.05) is 80.9 Å². The van der Waals surface area contributed by atoms with Crippen LogP contribution in [-0.2, 0) is 19.4 Å². The highest BCUT2D eigenvalue weighted by atomic mass is 35.5. The number of amides is 1. The smallest absolute Gasteiger partial charge is 0.259 e. The van der Waals surface area contributed by atoms with Gasteiger partial charge in [0.25, 0.3) is 5.91 Å². The molecule has 0 bridgehead atoms. The van der Waals surface area contributed by atoms with E-state index in [1.165, 1.54) is 16.0 Å². The number of nitrogens with zero attached hydrogens (tertiary/aromatic N) is 2. The lowest BCUT2D eigenvalue weighted by atomic mass is 9.72. The Hall–Kier alpha value is -3.67. The Morgan fingerprint density at radius 1 is 1.05 bits per heavy atom. The van der Waals surface area contributed by atoms with E-state index in [1.54, 1.807) is 23.5 Å². The largest absolute Gasteiger partial charge is 0.340 e. The maximum atomic E-state index is 13.8. The van der Waals surface area contributed by atoms with Gasteiger partial charge in [0.15, 0.2) is 0 Å². The van der Waals surface area contributed by atoms with Gasteiger partial charge in [-0.15, -0.1) is 11.3 Å². The number of thiophene rings is 1. The quantitative estimate of drug-likeness (QED) is 0.196. The Kier molecular flexibility index (Phi) is 7.82. The standard InChI is InChI=1S/C36H36ClN3OS/c1-23-30(28-12-8-9-13-31(28)40(23)22-24-10-6-5-7-11-24)21-38-35-33(34(41)39-27-17-15-26(37)16-18-27)29-19-14-25(36(2,3)4)20-32(29)42-35/h5-13,15-18,21,25H,14,19-20,22H2,1-4H3,(H,39,41)/t25-/m0/s1. The second kappa shape index (κ2) is 11.5. The van der Waals surface area contributed by atoms with Gasteiger partial charge in [0.05, 0.1) is 5.56 Å². The summed E-state index contributed by atoms with van der Waals surface area (Å²) in [5.41, 5.74) is 7.48. The lowest BCUT2D eigenvalue weighted by Gasteiger charge is -2.33. The highest BCUT2D eigenvalue weighted by Gasteiger charge is 2.33. The molecule has 1 N–H and O–H groups in total. The molecule has 0 unspecified atom stereocenters. The molecule has 6 heteroatoms. The topological polar surface area (TPSA) is 46.4 Å². The number of nitrogens with one attached hydrogen (secondary N) is 1. The van der Waals surface area contributed by atoms with E-state index in [2.05, 4.69) is 86.1 Å². The molecule has 0 saturated heterocycles. The number of aliphatic imine (C=N–C) groups is 1. The molecule has 42 heavy (non-hydrogen) atoms. The van der Waals surface area contributed by atoms with Crippen LogP contribution in [0.3, 0.4) is 0 Å². The summed E-state index contributed by atoms with van der Waals surface area (Å²) in [5, 5.41) is 5.69. The molecule has 3 aromatic carbocycles. The second-order valence-electron chi connectivity index (χ2n) is 12.3. The van der Waals surface area contributed by atoms with Crippen LogP contribution < -0.4 is 5.32 Å². The summed E-state index contributed by atoms with van der Waals surface area (Å²) in [6.07, 6.45) is 4.91. The van der Waals surface area contributed by atoms with Gasteiger partial charge in [0.1, 0.15) is 5.00 Å². The minimum Gasteiger partial charge on any atom is -0.340 e. The van der Waals surface area contributed by atoms with Crippen LogP contribution in [0.1, 0.15) is 64.8 Å². The number of rotatable bonds is 6. The molecule has 5 aromatic rings. The van der Waals surface area contributed by atoms with Gasteiger partial charge in [-0.25, -0.2) is 4.99 Å². The van der Waals surface area contributed by atoms with Gasteiger partial charge in [-0.3, -0.25) is 4.79 Å². The molecule has 0 fully saturated rings. The van der Waals surface area contributed by atoms with Crippen molar-refractivity contribution >= 4 is 56.7 Å². The van der Waals surface area contributed by atoms with Gasteiger partial charge in [-0.2, -0.15) is 0 Å². The Labute approximate surface area is 257 Å². The van der Waals surface area contributed by atoms with Gasteiger partial charge >= 0.3 is 0 Å². The molecule has 4 nitrogen and oxygen atoms in total. The number of anilines is 1. The number of hydrogen-bond donors (Lipinski definition) is 1. The fraction of sp³-hybridized carbons (Fsp3) is 0.278. The fourth-order valence-corrected chi connectivity index (χ4v) is 7.47. The number of halogens is 1. The normalized spacial score (nSPS) is 15.3. The second-order valence-corrected chi connectivity index (χ2v) is 13.8. The molecule has 1 atom stereocenters. The summed E-state index contributed by atoms with van der Waals surface area (Å²) < 4.78 is 2.35. The molecule has 0 radical (unpaired) electrons. The molecule has 2 heterocycles. The highest BCUT2D eigenvalue weighted by molar-refractivity contribution is 7.16. The zero-order valence-electron chi connectivity index (χ0n) is 24.6. The van der Waals surface area contributed by atoms with Crippen molar-refractivity contribution in [1.29, 1.82) is 0 Å². The van der Waals surface area contributed by atoms with Crippen LogP contribution in [0.5, 0.6) is 0 Å². The van der Waals surface area contributed by atoms with E-state index < -0.39 is 0 Å². The number of fused-ring (bicyclic) bond motifs is 2. The predicted molar refractivity (Wildman–Crippen MR) is 178 cm³/mol. The number of hydrogen-bond acceptors (Lipinski definition) is 3. The van der Waals surface area contributed by atoms with E-state index in [0.717, 1.165) is 58.7 Å². The van der Waals surface area contributed by atoms with Crippen molar-refractivity contribution in [2.75, 3.05) is 5.32 Å². The van der Waals surface area contributed by atoms with Crippen LogP contribution in [-0.4, -0.2) is 16.7 Å². The third-order valence-corrected chi connectivity index (χ3v) is 9.99. The minimum absolute atomic E-state index is 0.112. The number of carbonyl (C=O) groups is 1. The Morgan fingerprint density at radius 2 is 1.76 bits per heavy atom. The van der Waals surface area contributed by atoms with Crippen LogP contribution in [0.2, 0.25) is 5.02 Å². The van der Waals surface area contributed by atoms with Crippen LogP contribution >= 0.6 is 22.9 Å². The lowest BCUT2D eigenvalue weighted by molar-refractivity contribution is 0.102. The molecule has 1 amide bonds. The molecule has 214 valence electrons. The predicted octanol–water partition coefficient (Wildman–Crippen LogP) is 9.87. The van der Waals surface area contributed by atoms with E-state index in [0.29, 0.717) is 16.5 Å². The molecular formula is C36H36ClN3OS. The maximum absolute atomic E-state index is 13.8. The monoisotopic (exact) mass is 593 g/mol. The first-order valence-corrected chi connectivity index (χ1v) is 15.8. The number of benzene rings is 3. The summed E-state index contributed by atoms with van der Waals surface area (Å²) in [6.45, 7) is 9.90. The number of aromatic nitrogens is 1. The molecule has 0 spiro atoms. The molecule has 2 aromatic heterocycles. The maximum Gasteiger partial charge on any atom is 0.259 e. The summed E-state index contributed by atoms with van der Waals surface area (Å²) in [4.78, 5) is 20.2. The average Bonchev–Trinajstić information content (AvgIpc) is 3.47. The first kappa shape index (κ1) is 28.4. The highest BCUT2D eigenvalue weighted by Crippen LogP contribution is 2.45. The zero-order valence-corrected chi connectivity index (χ0v) is 26.1. The third-order valence-electron chi connectivity index (χ3n) is 8.57. The van der Waals surface area contributed by atoms with Crippen molar-refractivity contribution in [3.05, 3.63) is 117 Å². The number of carbonyl (C=O) groups excluding carboxylic acids is 1. The number of para-hydroxylation sites is 1. The molecule has 0 aliphatic heterocycles. The molecule has 1 aliphatic rings. The zero-order chi connectivity index (χ0) is 29.4. The van der Waals surface area contributed by atoms with Gasteiger partial charge in [-0.05, 0) is 79.0 Å².